The zero-order chi connectivity index (χ0) is 27.6. The topological polar surface area (TPSA) is 126 Å². The van der Waals surface area contributed by atoms with Gasteiger partial charge in [0.2, 0.25) is 11.4 Å². The maximum absolute atomic E-state index is 11.4. The van der Waals surface area contributed by atoms with Crippen molar-refractivity contribution in [3.05, 3.63) is 65.5 Å². The molecule has 1 aliphatic rings. The fourth-order valence-electron chi connectivity index (χ4n) is 4.61. The second kappa shape index (κ2) is 11.6. The second-order valence-corrected chi connectivity index (χ2v) is 12.1. The van der Waals surface area contributed by atoms with E-state index in [1.54, 1.807) is 30.6 Å². The minimum atomic E-state index is -4.11. The van der Waals surface area contributed by atoms with Gasteiger partial charge >= 0.3 is 11.4 Å². The van der Waals surface area contributed by atoms with Crippen molar-refractivity contribution in [3.63, 3.8) is 0 Å². The molecule has 0 bridgehead atoms. The van der Waals surface area contributed by atoms with E-state index < -0.39 is 21.5 Å². The molecule has 13 heteroatoms. The van der Waals surface area contributed by atoms with Crippen LogP contribution in [0.1, 0.15) is 17.8 Å². The maximum Gasteiger partial charge on any atom is 0.301 e. The van der Waals surface area contributed by atoms with Crippen LogP contribution in [-0.4, -0.2) is 47.7 Å². The summed E-state index contributed by atoms with van der Waals surface area (Å²) in [6, 6.07) is 17.6. The predicted octanol–water partition coefficient (Wildman–Crippen LogP) is 4.37. The van der Waals surface area contributed by atoms with Crippen LogP contribution in [0.5, 0.6) is 11.5 Å². The summed E-state index contributed by atoms with van der Waals surface area (Å²) in [4.78, 5) is 1.87. The van der Waals surface area contributed by atoms with Crippen LogP contribution in [-0.2, 0) is 32.2 Å². The standard InChI is InChI=1S/C26H26N2O8S3/c1-34-19-9-10-22-21(16-19)27(13-5-15-39(31,32)33)24(36-22)17-25-28(12-4-14-35-38(29)30)26-20-7-3-2-6-18(20)8-11-23(26)37-25/h2-3,6-11,16-17H,4-5,12-15H2,1H3,(H-,29,30,31,32,33)/p+1. The molecule has 4 aromatic rings. The normalized spacial score (nSPS) is 15.2. The van der Waals surface area contributed by atoms with E-state index in [1.165, 1.54) is 0 Å². The minimum absolute atomic E-state index is 0.109. The van der Waals surface area contributed by atoms with E-state index in [-0.39, 0.29) is 25.3 Å². The summed E-state index contributed by atoms with van der Waals surface area (Å²) in [6.07, 6.45) is 2.59. The van der Waals surface area contributed by atoms with Crippen molar-refractivity contribution in [2.24, 2.45) is 0 Å². The lowest BCUT2D eigenvalue weighted by molar-refractivity contribution is -0.668. The van der Waals surface area contributed by atoms with E-state index in [2.05, 4.69) is 22.8 Å². The molecule has 1 aromatic heterocycles. The van der Waals surface area contributed by atoms with E-state index in [9.17, 15) is 17.2 Å². The SMILES string of the molecule is COc1ccc2c(c1)N(CCCS(=O)(=O)O)C(=Cc1sc3ccc4ccccc4c3[n+]1CCCOS(=O)O)O2. The number of hydrogen-bond acceptors (Lipinski definition) is 8. The lowest BCUT2D eigenvalue weighted by Gasteiger charge is -2.18. The number of benzene rings is 3. The molecular weight excluding hydrogens is 564 g/mol. The van der Waals surface area contributed by atoms with Gasteiger partial charge in [-0.1, -0.05) is 35.6 Å². The Bertz CT molecular complexity index is 1680. The van der Waals surface area contributed by atoms with Crippen molar-refractivity contribution < 1.29 is 40.0 Å². The van der Waals surface area contributed by atoms with Crippen LogP contribution in [0, 0.1) is 0 Å². The summed E-state index contributed by atoms with van der Waals surface area (Å²) < 4.78 is 71.6. The smallest absolute Gasteiger partial charge is 0.301 e. The van der Waals surface area contributed by atoms with Crippen LogP contribution in [0.2, 0.25) is 0 Å². The molecule has 1 aliphatic heterocycles. The highest BCUT2D eigenvalue weighted by Crippen LogP contribution is 2.42. The highest BCUT2D eigenvalue weighted by molar-refractivity contribution is 7.85. The van der Waals surface area contributed by atoms with Crippen molar-refractivity contribution in [3.8, 4) is 11.5 Å². The number of ether oxygens (including phenoxy) is 2. The molecule has 1 atom stereocenters. The monoisotopic (exact) mass is 591 g/mol. The van der Waals surface area contributed by atoms with Crippen LogP contribution < -0.4 is 18.9 Å². The highest BCUT2D eigenvalue weighted by Gasteiger charge is 2.30. The molecule has 1 unspecified atom stereocenters. The molecule has 39 heavy (non-hydrogen) atoms. The Morgan fingerprint density at radius 3 is 2.74 bits per heavy atom. The summed E-state index contributed by atoms with van der Waals surface area (Å²) in [5, 5.41) is 3.04. The number of aromatic nitrogens is 1. The van der Waals surface area contributed by atoms with Gasteiger partial charge in [-0.05, 0) is 36.1 Å². The molecule has 206 valence electrons. The first kappa shape index (κ1) is 27.5. The largest absolute Gasteiger partial charge is 0.497 e. The van der Waals surface area contributed by atoms with Gasteiger partial charge < -0.3 is 14.4 Å². The molecule has 0 spiro atoms. The summed E-state index contributed by atoms with van der Waals surface area (Å²) in [6.45, 7) is 0.918. The van der Waals surface area contributed by atoms with Gasteiger partial charge in [-0.2, -0.15) is 17.2 Å². The van der Waals surface area contributed by atoms with E-state index in [1.807, 2.05) is 35.2 Å². The molecule has 0 fully saturated rings. The zero-order valence-corrected chi connectivity index (χ0v) is 23.4. The van der Waals surface area contributed by atoms with Gasteiger partial charge in [0.25, 0.3) is 15.1 Å². The lowest BCUT2D eigenvalue weighted by Crippen LogP contribution is -2.36. The number of methoxy groups -OCH3 is 1. The van der Waals surface area contributed by atoms with Gasteiger partial charge in [-0.15, -0.1) is 0 Å². The zero-order valence-electron chi connectivity index (χ0n) is 21.0. The number of aryl methyl sites for hydroxylation is 1. The molecule has 5 rings (SSSR count). The summed E-state index contributed by atoms with van der Waals surface area (Å²) >= 11 is -0.753. The summed E-state index contributed by atoms with van der Waals surface area (Å²) in [5.41, 5.74) is 1.76. The molecule has 0 radical (unpaired) electrons. The fourth-order valence-corrected chi connectivity index (χ4v) is 6.50. The average molecular weight is 592 g/mol. The van der Waals surface area contributed by atoms with Gasteiger partial charge in [0.05, 0.1) is 36.6 Å². The molecule has 2 heterocycles. The predicted molar refractivity (Wildman–Crippen MR) is 151 cm³/mol. The Morgan fingerprint density at radius 2 is 1.97 bits per heavy atom. The van der Waals surface area contributed by atoms with Gasteiger partial charge in [0.15, 0.2) is 12.3 Å². The summed E-state index contributed by atoms with van der Waals surface area (Å²) in [5.74, 6) is 1.36. The molecule has 0 saturated heterocycles. The Labute approximate surface area is 232 Å². The van der Waals surface area contributed by atoms with Crippen LogP contribution >= 0.6 is 11.3 Å². The number of fused-ring (bicyclic) bond motifs is 4. The van der Waals surface area contributed by atoms with Crippen molar-refractivity contribution in [1.29, 1.82) is 0 Å². The van der Waals surface area contributed by atoms with E-state index in [0.29, 0.717) is 30.3 Å². The number of nitrogens with zero attached hydrogens (tertiary/aromatic N) is 2. The number of hydrogen-bond donors (Lipinski definition) is 2. The molecular formula is C26H27N2O8S3+. The van der Waals surface area contributed by atoms with E-state index in [4.69, 9.17) is 18.2 Å². The van der Waals surface area contributed by atoms with Crippen molar-refractivity contribution in [2.75, 3.05) is 30.9 Å². The Kier molecular flexibility index (Phi) is 8.16. The molecule has 3 aromatic carbocycles. The number of anilines is 1. The fraction of sp³-hybridized carbons (Fsp3) is 0.269. The van der Waals surface area contributed by atoms with Gasteiger partial charge in [-0.25, -0.2) is 0 Å². The lowest BCUT2D eigenvalue weighted by atomic mass is 10.1. The maximum atomic E-state index is 11.4. The first-order valence-corrected chi connectivity index (χ1v) is 15.6. The van der Waals surface area contributed by atoms with Gasteiger partial charge in [0.1, 0.15) is 10.4 Å². The van der Waals surface area contributed by atoms with Crippen LogP contribution in [0.3, 0.4) is 0 Å². The Balaban J connectivity index is 1.58. The van der Waals surface area contributed by atoms with Crippen molar-refractivity contribution >= 4 is 65.6 Å². The third-order valence-electron chi connectivity index (χ3n) is 6.29. The molecule has 0 amide bonds. The number of thiazole rings is 1. The summed E-state index contributed by atoms with van der Waals surface area (Å²) in [7, 11) is -2.54. The van der Waals surface area contributed by atoms with Crippen molar-refractivity contribution in [1.82, 2.24) is 0 Å². The first-order valence-electron chi connectivity index (χ1n) is 12.1. The van der Waals surface area contributed by atoms with E-state index >= 15 is 0 Å². The van der Waals surface area contributed by atoms with Crippen LogP contribution in [0.15, 0.2) is 60.5 Å². The Morgan fingerprint density at radius 1 is 1.15 bits per heavy atom. The van der Waals surface area contributed by atoms with Crippen LogP contribution in [0.25, 0.3) is 27.1 Å². The molecule has 2 N–H and O–H groups in total. The third-order valence-corrected chi connectivity index (χ3v) is 8.56. The highest BCUT2D eigenvalue weighted by atomic mass is 32.2. The van der Waals surface area contributed by atoms with E-state index in [0.717, 1.165) is 31.7 Å². The molecule has 0 aliphatic carbocycles. The quantitative estimate of drug-likeness (QED) is 0.113. The molecule has 10 nitrogen and oxygen atoms in total. The van der Waals surface area contributed by atoms with Gasteiger partial charge in [0, 0.05) is 19.0 Å². The first-order chi connectivity index (χ1) is 18.7. The van der Waals surface area contributed by atoms with Crippen molar-refractivity contribution in [2.45, 2.75) is 19.4 Å². The average Bonchev–Trinajstić information content (AvgIpc) is 3.43. The van der Waals surface area contributed by atoms with Gasteiger partial charge in [-0.3, -0.25) is 13.3 Å². The second-order valence-electron chi connectivity index (χ2n) is 8.83. The third kappa shape index (κ3) is 6.24. The minimum Gasteiger partial charge on any atom is -0.497 e. The van der Waals surface area contributed by atoms with Crippen LogP contribution in [0.4, 0.5) is 5.69 Å². The molecule has 0 saturated carbocycles. The number of rotatable bonds is 11. The Hall–Kier alpha value is -3.07.